The van der Waals surface area contributed by atoms with E-state index in [1.54, 1.807) is 6.92 Å². The molecule has 0 saturated carbocycles. The van der Waals surface area contributed by atoms with Gasteiger partial charge < -0.3 is 10.4 Å². The van der Waals surface area contributed by atoms with Crippen molar-refractivity contribution in [1.29, 1.82) is 0 Å². The molecule has 0 aliphatic carbocycles. The van der Waals surface area contributed by atoms with Gasteiger partial charge in [-0.15, -0.1) is 0 Å². The van der Waals surface area contributed by atoms with E-state index in [0.717, 1.165) is 6.54 Å². The number of hydrogen-bond donors (Lipinski definition) is 2. The molecule has 1 aliphatic rings. The molecule has 60 valence electrons. The zero-order valence-electron chi connectivity index (χ0n) is 6.23. The van der Waals surface area contributed by atoms with E-state index in [1.807, 2.05) is 0 Å². The number of nitrogens with one attached hydrogen (secondary N) is 1. The monoisotopic (exact) mass is 147 g/mol. The molecule has 0 unspecified atom stereocenters. The van der Waals surface area contributed by atoms with Gasteiger partial charge in [0, 0.05) is 6.54 Å². The van der Waals surface area contributed by atoms with Crippen LogP contribution in [0.15, 0.2) is 0 Å². The molecule has 0 spiro atoms. The third-order valence-corrected chi connectivity index (χ3v) is 2.20. The van der Waals surface area contributed by atoms with Gasteiger partial charge in [0.1, 0.15) is 5.67 Å². The number of rotatable bonds is 1. The van der Waals surface area contributed by atoms with Gasteiger partial charge in [0.05, 0.1) is 6.10 Å². The van der Waals surface area contributed by atoms with E-state index >= 15 is 0 Å². The Bertz CT molecular complexity index is 120. The Morgan fingerprint density at radius 3 is 2.90 bits per heavy atom. The number of hydrogen-bond acceptors (Lipinski definition) is 2. The molecule has 0 amide bonds. The smallest absolute Gasteiger partial charge is 0.148 e. The van der Waals surface area contributed by atoms with Gasteiger partial charge in [0.15, 0.2) is 0 Å². The molecule has 0 aromatic rings. The lowest BCUT2D eigenvalue weighted by molar-refractivity contribution is -0.0316. The first kappa shape index (κ1) is 7.95. The molecule has 1 aliphatic heterocycles. The molecule has 2 nitrogen and oxygen atoms in total. The average Bonchev–Trinajstić information content (AvgIpc) is 1.96. The van der Waals surface area contributed by atoms with Crippen LogP contribution in [0.25, 0.3) is 0 Å². The van der Waals surface area contributed by atoms with Gasteiger partial charge in [0.2, 0.25) is 0 Å². The van der Waals surface area contributed by atoms with Crippen LogP contribution in [0.3, 0.4) is 0 Å². The van der Waals surface area contributed by atoms with E-state index in [4.69, 9.17) is 0 Å². The van der Waals surface area contributed by atoms with E-state index in [1.165, 1.54) is 0 Å². The highest BCUT2D eigenvalue weighted by molar-refractivity contribution is 4.91. The molecule has 0 aromatic carbocycles. The van der Waals surface area contributed by atoms with Gasteiger partial charge in [-0.2, -0.15) is 0 Å². The summed E-state index contributed by atoms with van der Waals surface area (Å²) in [7, 11) is 0. The molecule has 1 heterocycles. The summed E-state index contributed by atoms with van der Waals surface area (Å²) in [5.41, 5.74) is -1.38. The summed E-state index contributed by atoms with van der Waals surface area (Å²) in [6, 6.07) is 0. The highest BCUT2D eigenvalue weighted by atomic mass is 19.1. The van der Waals surface area contributed by atoms with Crippen molar-refractivity contribution in [3.8, 4) is 0 Å². The first-order chi connectivity index (χ1) is 4.69. The molecule has 2 atom stereocenters. The Labute approximate surface area is 60.4 Å². The van der Waals surface area contributed by atoms with Crippen molar-refractivity contribution in [1.82, 2.24) is 5.32 Å². The minimum Gasteiger partial charge on any atom is -0.390 e. The summed E-state index contributed by atoms with van der Waals surface area (Å²) in [6.45, 7) is 2.79. The second-order valence-corrected chi connectivity index (χ2v) is 2.87. The molecule has 10 heavy (non-hydrogen) atoms. The van der Waals surface area contributed by atoms with Crippen LogP contribution in [0.1, 0.15) is 19.8 Å². The summed E-state index contributed by atoms with van der Waals surface area (Å²) in [5, 5.41) is 12.1. The third-order valence-electron chi connectivity index (χ3n) is 2.20. The minimum atomic E-state index is -1.38. The molecule has 1 rings (SSSR count). The molecule has 0 aromatic heterocycles. The molecule has 0 radical (unpaired) electrons. The van der Waals surface area contributed by atoms with Crippen molar-refractivity contribution in [2.24, 2.45) is 0 Å². The lowest BCUT2D eigenvalue weighted by atomic mass is 9.90. The van der Waals surface area contributed by atoms with E-state index < -0.39 is 11.8 Å². The third kappa shape index (κ3) is 1.30. The quantitative estimate of drug-likeness (QED) is 0.564. The van der Waals surface area contributed by atoms with Gasteiger partial charge in [-0.1, -0.05) is 6.92 Å². The van der Waals surface area contributed by atoms with Crippen molar-refractivity contribution in [3.63, 3.8) is 0 Å². The van der Waals surface area contributed by atoms with Crippen LogP contribution < -0.4 is 5.32 Å². The van der Waals surface area contributed by atoms with Crippen LogP contribution in [0.4, 0.5) is 4.39 Å². The zero-order valence-corrected chi connectivity index (χ0v) is 6.23. The van der Waals surface area contributed by atoms with Crippen molar-refractivity contribution in [3.05, 3.63) is 0 Å². The summed E-state index contributed by atoms with van der Waals surface area (Å²) >= 11 is 0. The molecule has 3 heteroatoms. The Balaban J connectivity index is 2.54. The van der Waals surface area contributed by atoms with Gasteiger partial charge in [-0.05, 0) is 19.4 Å². The predicted octanol–water partition coefficient (Wildman–Crippen LogP) is 0.459. The van der Waals surface area contributed by atoms with Gasteiger partial charge in [0.25, 0.3) is 0 Å². The molecular weight excluding hydrogens is 133 g/mol. The van der Waals surface area contributed by atoms with Gasteiger partial charge in [-0.25, -0.2) is 4.39 Å². The number of halogens is 1. The number of aliphatic hydroxyl groups is 1. The molecule has 2 N–H and O–H groups in total. The number of piperidine rings is 1. The lowest BCUT2D eigenvalue weighted by Crippen LogP contribution is -2.51. The van der Waals surface area contributed by atoms with Crippen molar-refractivity contribution < 1.29 is 9.50 Å². The standard InChI is InChI=1S/C7H14FNO/c1-2-7(8)5-9-4-3-6(7)10/h6,9-10H,2-5H2,1H3/t6-,7-/m1/s1. The summed E-state index contributed by atoms with van der Waals surface area (Å²) in [5.74, 6) is 0. The predicted molar refractivity (Wildman–Crippen MR) is 37.6 cm³/mol. The molecular formula is C7H14FNO. The van der Waals surface area contributed by atoms with Gasteiger partial charge >= 0.3 is 0 Å². The average molecular weight is 147 g/mol. The Hall–Kier alpha value is -0.150. The van der Waals surface area contributed by atoms with E-state index in [0.29, 0.717) is 19.4 Å². The zero-order chi connectivity index (χ0) is 7.61. The molecule has 0 bridgehead atoms. The van der Waals surface area contributed by atoms with Crippen LogP contribution in [0, 0.1) is 0 Å². The minimum absolute atomic E-state index is 0.296. The summed E-state index contributed by atoms with van der Waals surface area (Å²) in [4.78, 5) is 0. The van der Waals surface area contributed by atoms with Crippen molar-refractivity contribution in [2.75, 3.05) is 13.1 Å². The maximum absolute atomic E-state index is 13.4. The van der Waals surface area contributed by atoms with Crippen LogP contribution in [0.2, 0.25) is 0 Å². The summed E-state index contributed by atoms with van der Waals surface area (Å²) in [6.07, 6.45) is 0.157. The highest BCUT2D eigenvalue weighted by Crippen LogP contribution is 2.24. The maximum atomic E-state index is 13.4. The largest absolute Gasteiger partial charge is 0.390 e. The second kappa shape index (κ2) is 2.84. The van der Waals surface area contributed by atoms with Gasteiger partial charge in [-0.3, -0.25) is 0 Å². The first-order valence-corrected chi connectivity index (χ1v) is 3.77. The first-order valence-electron chi connectivity index (χ1n) is 3.77. The van der Waals surface area contributed by atoms with Crippen LogP contribution in [0.5, 0.6) is 0 Å². The van der Waals surface area contributed by atoms with Crippen molar-refractivity contribution >= 4 is 0 Å². The topological polar surface area (TPSA) is 32.3 Å². The second-order valence-electron chi connectivity index (χ2n) is 2.87. The van der Waals surface area contributed by atoms with Crippen LogP contribution in [-0.2, 0) is 0 Å². The SMILES string of the molecule is CC[C@@]1(F)CNCC[C@H]1O. The van der Waals surface area contributed by atoms with Crippen LogP contribution in [-0.4, -0.2) is 30.0 Å². The molecule has 1 saturated heterocycles. The fourth-order valence-electron chi connectivity index (χ4n) is 1.27. The fourth-order valence-corrected chi connectivity index (χ4v) is 1.27. The van der Waals surface area contributed by atoms with E-state index in [-0.39, 0.29) is 0 Å². The van der Waals surface area contributed by atoms with Crippen LogP contribution >= 0.6 is 0 Å². The highest BCUT2D eigenvalue weighted by Gasteiger charge is 2.38. The Morgan fingerprint density at radius 2 is 2.50 bits per heavy atom. The van der Waals surface area contributed by atoms with E-state index in [9.17, 15) is 9.50 Å². The van der Waals surface area contributed by atoms with Crippen molar-refractivity contribution in [2.45, 2.75) is 31.5 Å². The van der Waals surface area contributed by atoms with E-state index in [2.05, 4.69) is 5.32 Å². The normalized spacial score (nSPS) is 41.7. The fraction of sp³-hybridized carbons (Fsp3) is 1.00. The Morgan fingerprint density at radius 1 is 1.80 bits per heavy atom. The maximum Gasteiger partial charge on any atom is 0.148 e. The molecule has 1 fully saturated rings. The number of alkyl halides is 1. The number of aliphatic hydroxyl groups excluding tert-OH is 1. The summed E-state index contributed by atoms with van der Waals surface area (Å²) < 4.78 is 13.4. The lowest BCUT2D eigenvalue weighted by Gasteiger charge is -2.33. The Kier molecular flexibility index (Phi) is 2.26.